The predicted octanol–water partition coefficient (Wildman–Crippen LogP) is 2.82. The third kappa shape index (κ3) is 3.85. The highest BCUT2D eigenvalue weighted by molar-refractivity contribution is 6.31. The molecule has 0 spiro atoms. The number of carbonyl (C=O) groups excluding carboxylic acids is 1. The summed E-state index contributed by atoms with van der Waals surface area (Å²) < 4.78 is 0. The van der Waals surface area contributed by atoms with Crippen molar-refractivity contribution in [2.75, 3.05) is 38.5 Å². The minimum Gasteiger partial charge on any atom is -0.323 e. The lowest BCUT2D eigenvalue weighted by molar-refractivity contribution is 0.213. The lowest BCUT2D eigenvalue weighted by atomic mass is 10.2. The van der Waals surface area contributed by atoms with Crippen molar-refractivity contribution >= 4 is 23.3 Å². The fourth-order valence-corrected chi connectivity index (χ4v) is 2.34. The van der Waals surface area contributed by atoms with E-state index in [1.54, 1.807) is 6.07 Å². The minimum absolute atomic E-state index is 0.0410. The first-order chi connectivity index (χ1) is 9.06. The van der Waals surface area contributed by atoms with Crippen LogP contribution in [0.5, 0.6) is 0 Å². The third-order valence-corrected chi connectivity index (χ3v) is 3.68. The normalized spacial score (nSPS) is 17.1. The van der Waals surface area contributed by atoms with Crippen LogP contribution in [0.25, 0.3) is 0 Å². The van der Waals surface area contributed by atoms with Crippen LogP contribution >= 0.6 is 11.6 Å². The second kappa shape index (κ2) is 6.26. The molecule has 1 heterocycles. The van der Waals surface area contributed by atoms with E-state index in [2.05, 4.69) is 17.3 Å². The van der Waals surface area contributed by atoms with Gasteiger partial charge >= 0.3 is 6.03 Å². The zero-order valence-electron chi connectivity index (χ0n) is 11.4. The third-order valence-electron chi connectivity index (χ3n) is 3.45. The number of likely N-dealkylation sites (N-methyl/N-ethyl adjacent to an activating group) is 1. The first-order valence-electron chi connectivity index (χ1n) is 6.57. The molecule has 5 heteroatoms. The zero-order valence-corrected chi connectivity index (χ0v) is 12.2. The molecule has 4 nitrogen and oxygen atoms in total. The van der Waals surface area contributed by atoms with Gasteiger partial charge in [0.2, 0.25) is 0 Å². The molecule has 1 aromatic rings. The van der Waals surface area contributed by atoms with E-state index >= 15 is 0 Å². The maximum atomic E-state index is 12.2. The SMILES string of the molecule is Cc1ccc(Cl)cc1NC(=O)N1CCCN(C)CC1. The molecule has 104 valence electrons. The molecule has 19 heavy (non-hydrogen) atoms. The Morgan fingerprint density at radius 2 is 2.05 bits per heavy atom. The molecule has 1 aromatic carbocycles. The van der Waals surface area contributed by atoms with Crippen molar-refractivity contribution < 1.29 is 4.79 Å². The van der Waals surface area contributed by atoms with E-state index in [-0.39, 0.29) is 6.03 Å². The highest BCUT2D eigenvalue weighted by Crippen LogP contribution is 2.20. The molecule has 1 aliphatic heterocycles. The van der Waals surface area contributed by atoms with E-state index in [0.29, 0.717) is 5.02 Å². The smallest absolute Gasteiger partial charge is 0.321 e. The van der Waals surface area contributed by atoms with Gasteiger partial charge in [0.1, 0.15) is 0 Å². The van der Waals surface area contributed by atoms with Gasteiger partial charge in [0.15, 0.2) is 0 Å². The highest BCUT2D eigenvalue weighted by atomic mass is 35.5. The minimum atomic E-state index is -0.0410. The molecule has 0 unspecified atom stereocenters. The summed E-state index contributed by atoms with van der Waals surface area (Å²) >= 11 is 5.96. The molecule has 2 rings (SSSR count). The summed E-state index contributed by atoms with van der Waals surface area (Å²) in [5.41, 5.74) is 1.81. The molecule has 0 atom stereocenters. The quantitative estimate of drug-likeness (QED) is 0.859. The number of halogens is 1. The second-order valence-corrected chi connectivity index (χ2v) is 5.47. The van der Waals surface area contributed by atoms with Gasteiger partial charge in [0.25, 0.3) is 0 Å². The summed E-state index contributed by atoms with van der Waals surface area (Å²) in [6.45, 7) is 5.49. The number of urea groups is 1. The Morgan fingerprint density at radius 1 is 1.26 bits per heavy atom. The van der Waals surface area contributed by atoms with E-state index < -0.39 is 0 Å². The van der Waals surface area contributed by atoms with Crippen molar-refractivity contribution in [2.24, 2.45) is 0 Å². The fourth-order valence-electron chi connectivity index (χ4n) is 2.17. The largest absolute Gasteiger partial charge is 0.323 e. The van der Waals surface area contributed by atoms with Gasteiger partial charge in [-0.15, -0.1) is 0 Å². The molecule has 0 aromatic heterocycles. The second-order valence-electron chi connectivity index (χ2n) is 5.03. The van der Waals surface area contributed by atoms with E-state index in [1.165, 1.54) is 0 Å². The number of rotatable bonds is 1. The van der Waals surface area contributed by atoms with Gasteiger partial charge in [-0.1, -0.05) is 17.7 Å². The molecule has 1 saturated heterocycles. The summed E-state index contributed by atoms with van der Waals surface area (Å²) in [6, 6.07) is 5.49. The average Bonchev–Trinajstić information content (AvgIpc) is 2.59. The van der Waals surface area contributed by atoms with E-state index in [4.69, 9.17) is 11.6 Å². The number of anilines is 1. The van der Waals surface area contributed by atoms with E-state index in [1.807, 2.05) is 24.0 Å². The van der Waals surface area contributed by atoms with Crippen molar-refractivity contribution in [3.63, 3.8) is 0 Å². The highest BCUT2D eigenvalue weighted by Gasteiger charge is 2.17. The maximum absolute atomic E-state index is 12.2. The molecular weight excluding hydrogens is 262 g/mol. The summed E-state index contributed by atoms with van der Waals surface area (Å²) in [6.07, 6.45) is 1.01. The lowest BCUT2D eigenvalue weighted by Crippen LogP contribution is -2.37. The number of aryl methyl sites for hydroxylation is 1. The topological polar surface area (TPSA) is 35.6 Å². The molecule has 0 bridgehead atoms. The van der Waals surface area contributed by atoms with Gasteiger partial charge in [-0.05, 0) is 44.6 Å². The Kier molecular flexibility index (Phi) is 4.66. The van der Waals surface area contributed by atoms with Gasteiger partial charge in [-0.2, -0.15) is 0 Å². The van der Waals surface area contributed by atoms with Gasteiger partial charge in [0, 0.05) is 30.3 Å². The molecule has 1 aliphatic rings. The number of hydrogen-bond acceptors (Lipinski definition) is 2. The van der Waals surface area contributed by atoms with Crippen LogP contribution in [0.15, 0.2) is 18.2 Å². The Morgan fingerprint density at radius 3 is 2.84 bits per heavy atom. The van der Waals surface area contributed by atoms with E-state index in [9.17, 15) is 4.79 Å². The summed E-state index contributed by atoms with van der Waals surface area (Å²) in [4.78, 5) is 16.4. The molecule has 2 amide bonds. The van der Waals surface area contributed by atoms with Crippen molar-refractivity contribution in [3.05, 3.63) is 28.8 Å². The lowest BCUT2D eigenvalue weighted by Gasteiger charge is -2.21. The molecular formula is C14H20ClN3O. The van der Waals surface area contributed by atoms with Crippen molar-refractivity contribution in [3.8, 4) is 0 Å². The van der Waals surface area contributed by atoms with Crippen LogP contribution in [-0.2, 0) is 0 Å². The Bertz CT molecular complexity index is 464. The number of amides is 2. The van der Waals surface area contributed by atoms with Gasteiger partial charge in [-0.3, -0.25) is 0 Å². The Labute approximate surface area is 119 Å². The molecule has 0 aliphatic carbocycles. The summed E-state index contributed by atoms with van der Waals surface area (Å²) in [5, 5.41) is 3.58. The van der Waals surface area contributed by atoms with Crippen LogP contribution in [0.1, 0.15) is 12.0 Å². The Balaban J connectivity index is 2.02. The van der Waals surface area contributed by atoms with Gasteiger partial charge in [-0.25, -0.2) is 4.79 Å². The number of hydrogen-bond donors (Lipinski definition) is 1. The van der Waals surface area contributed by atoms with Gasteiger partial charge < -0.3 is 15.1 Å². The monoisotopic (exact) mass is 281 g/mol. The zero-order chi connectivity index (χ0) is 13.8. The molecule has 0 radical (unpaired) electrons. The summed E-state index contributed by atoms with van der Waals surface area (Å²) in [7, 11) is 2.09. The van der Waals surface area contributed by atoms with Gasteiger partial charge in [0.05, 0.1) is 0 Å². The molecule has 0 saturated carbocycles. The van der Waals surface area contributed by atoms with Crippen LogP contribution in [0, 0.1) is 6.92 Å². The maximum Gasteiger partial charge on any atom is 0.321 e. The van der Waals surface area contributed by atoms with Crippen LogP contribution in [0.3, 0.4) is 0 Å². The van der Waals surface area contributed by atoms with E-state index in [0.717, 1.165) is 43.9 Å². The van der Waals surface area contributed by atoms with Crippen LogP contribution in [-0.4, -0.2) is 49.1 Å². The number of nitrogens with zero attached hydrogens (tertiary/aromatic N) is 2. The predicted molar refractivity (Wildman–Crippen MR) is 78.9 cm³/mol. The Hall–Kier alpha value is -1.26. The van der Waals surface area contributed by atoms with Crippen LogP contribution in [0.2, 0.25) is 5.02 Å². The van der Waals surface area contributed by atoms with Crippen molar-refractivity contribution in [1.29, 1.82) is 0 Å². The average molecular weight is 282 g/mol. The molecule has 1 N–H and O–H groups in total. The number of benzene rings is 1. The number of carbonyl (C=O) groups is 1. The van der Waals surface area contributed by atoms with Crippen LogP contribution < -0.4 is 5.32 Å². The van der Waals surface area contributed by atoms with Crippen molar-refractivity contribution in [2.45, 2.75) is 13.3 Å². The van der Waals surface area contributed by atoms with Crippen molar-refractivity contribution in [1.82, 2.24) is 9.80 Å². The fraction of sp³-hybridized carbons (Fsp3) is 0.500. The molecule has 1 fully saturated rings. The summed E-state index contributed by atoms with van der Waals surface area (Å²) in [5.74, 6) is 0. The van der Waals surface area contributed by atoms with Crippen LogP contribution in [0.4, 0.5) is 10.5 Å². The standard InChI is InChI=1S/C14H20ClN3O/c1-11-4-5-12(15)10-13(11)16-14(19)18-7-3-6-17(2)8-9-18/h4-5,10H,3,6-9H2,1-2H3,(H,16,19). The first kappa shape index (κ1) is 14.2. The first-order valence-corrected chi connectivity index (χ1v) is 6.94. The number of nitrogens with one attached hydrogen (secondary N) is 1.